The molecule has 0 spiro atoms. The number of aromatic nitrogens is 1. The van der Waals surface area contributed by atoms with Crippen molar-refractivity contribution >= 4 is 0 Å². The Balaban J connectivity index is 3.05. The Morgan fingerprint density at radius 3 is 1.83 bits per heavy atom. The van der Waals surface area contributed by atoms with Gasteiger partial charge in [-0.2, -0.15) is 0 Å². The van der Waals surface area contributed by atoms with Gasteiger partial charge in [0.15, 0.2) is 0 Å². The van der Waals surface area contributed by atoms with Crippen LogP contribution in [-0.2, 0) is 19.1 Å². The molecule has 0 amide bonds. The van der Waals surface area contributed by atoms with Crippen molar-refractivity contribution in [1.82, 2.24) is 3.24 Å². The molecule has 6 heavy (non-hydrogen) atoms. The Morgan fingerprint density at radius 2 is 1.67 bits per heavy atom. The number of hydrogen-bond acceptors (Lipinski definition) is 0. The second kappa shape index (κ2) is 1.59. The summed E-state index contributed by atoms with van der Waals surface area (Å²) < 4.78 is 2.00. The molecule has 0 saturated carbocycles. The Labute approximate surface area is 47.4 Å². The second-order valence-electron chi connectivity index (χ2n) is 1.00. The second-order valence-corrected chi connectivity index (χ2v) is 2.24. The number of rotatable bonds is 0. The van der Waals surface area contributed by atoms with E-state index in [1.165, 1.54) is 0 Å². The molecular formula is C4H4IrN. The molecule has 0 aliphatic carbocycles. The molecule has 0 fully saturated rings. The van der Waals surface area contributed by atoms with Crippen molar-refractivity contribution in [2.45, 2.75) is 0 Å². The summed E-state index contributed by atoms with van der Waals surface area (Å²) >= 11 is 2.00. The van der Waals surface area contributed by atoms with Gasteiger partial charge in [0.05, 0.1) is 0 Å². The molecule has 0 radical (unpaired) electrons. The van der Waals surface area contributed by atoms with E-state index in [9.17, 15) is 0 Å². The molecule has 34 valence electrons. The van der Waals surface area contributed by atoms with Crippen LogP contribution < -0.4 is 0 Å². The fourth-order valence-corrected chi connectivity index (χ4v) is 0.718. The van der Waals surface area contributed by atoms with Crippen LogP contribution in [0.3, 0.4) is 0 Å². The van der Waals surface area contributed by atoms with Crippen molar-refractivity contribution in [3.05, 3.63) is 24.5 Å². The summed E-state index contributed by atoms with van der Waals surface area (Å²) in [6.45, 7) is 0. The molecule has 0 N–H and O–H groups in total. The van der Waals surface area contributed by atoms with Gasteiger partial charge >= 0.3 is 46.9 Å². The molecule has 0 aliphatic rings. The molecule has 1 nitrogen and oxygen atoms in total. The van der Waals surface area contributed by atoms with Crippen LogP contribution in [0.2, 0.25) is 0 Å². The van der Waals surface area contributed by atoms with Gasteiger partial charge in [0, 0.05) is 0 Å². The van der Waals surface area contributed by atoms with Gasteiger partial charge in [-0.25, -0.2) is 0 Å². The van der Waals surface area contributed by atoms with Crippen molar-refractivity contribution in [2.24, 2.45) is 0 Å². The first-order valence-corrected chi connectivity index (χ1v) is 2.74. The number of hydrogen-bond donors (Lipinski definition) is 0. The van der Waals surface area contributed by atoms with Crippen LogP contribution in [0.15, 0.2) is 24.5 Å². The monoisotopic (exact) mass is 259 g/mol. The van der Waals surface area contributed by atoms with Crippen molar-refractivity contribution in [3.63, 3.8) is 0 Å². The van der Waals surface area contributed by atoms with Gasteiger partial charge in [-0.05, 0) is 0 Å². The maximum absolute atomic E-state index is 2.00. The van der Waals surface area contributed by atoms with Gasteiger partial charge in [-0.15, -0.1) is 0 Å². The molecule has 0 bridgehead atoms. The molecule has 1 heterocycles. The van der Waals surface area contributed by atoms with E-state index in [0.29, 0.717) is 0 Å². The standard InChI is InChI=1S/C4H4N.Ir/c1-2-4-5-3-1;/h1-4H;/q-1;+1. The molecule has 1 aromatic heterocycles. The SMILES string of the molecule is [Ir][n]1cccc1. The van der Waals surface area contributed by atoms with Crippen molar-refractivity contribution in [1.29, 1.82) is 0 Å². The van der Waals surface area contributed by atoms with Gasteiger partial charge in [-0.1, -0.05) is 0 Å². The van der Waals surface area contributed by atoms with Crippen LogP contribution in [0.5, 0.6) is 0 Å². The molecule has 2 heteroatoms. The van der Waals surface area contributed by atoms with Crippen molar-refractivity contribution in [3.8, 4) is 0 Å². The summed E-state index contributed by atoms with van der Waals surface area (Å²) in [4.78, 5) is 0. The summed E-state index contributed by atoms with van der Waals surface area (Å²) in [7, 11) is 0. The molecule has 0 aliphatic heterocycles. The zero-order valence-electron chi connectivity index (χ0n) is 3.09. The molecule has 0 atom stereocenters. The van der Waals surface area contributed by atoms with E-state index in [-0.39, 0.29) is 0 Å². The van der Waals surface area contributed by atoms with Crippen LogP contribution in [0, 0.1) is 0 Å². The molecule has 0 unspecified atom stereocenters. The minimum absolute atomic E-state index is 2.00. The normalized spacial score (nSPS) is 9.00. The first-order chi connectivity index (χ1) is 2.89. The predicted molar refractivity (Wildman–Crippen MR) is 19.8 cm³/mol. The molecule has 1 rings (SSSR count). The van der Waals surface area contributed by atoms with Crippen LogP contribution in [-0.4, -0.2) is 3.24 Å². The summed E-state index contributed by atoms with van der Waals surface area (Å²) in [5.74, 6) is 0. The molecule has 0 aromatic carbocycles. The Kier molecular flexibility index (Phi) is 1.08. The van der Waals surface area contributed by atoms with E-state index >= 15 is 0 Å². The van der Waals surface area contributed by atoms with Crippen LogP contribution in [0.25, 0.3) is 0 Å². The van der Waals surface area contributed by atoms with Crippen molar-refractivity contribution < 1.29 is 19.1 Å². The third-order valence-corrected chi connectivity index (χ3v) is 1.27. The van der Waals surface area contributed by atoms with Crippen LogP contribution in [0.4, 0.5) is 0 Å². The predicted octanol–water partition coefficient (Wildman–Crippen LogP) is 0.798. The third-order valence-electron chi connectivity index (χ3n) is 0.555. The van der Waals surface area contributed by atoms with E-state index in [1.807, 2.05) is 46.9 Å². The van der Waals surface area contributed by atoms with Gasteiger partial charge in [0.25, 0.3) is 0 Å². The first-order valence-electron chi connectivity index (χ1n) is 1.67. The first kappa shape index (κ1) is 4.10. The summed E-state index contributed by atoms with van der Waals surface area (Å²) in [6, 6.07) is 4.00. The Hall–Kier alpha value is -0.0706. The van der Waals surface area contributed by atoms with Crippen LogP contribution in [0.1, 0.15) is 0 Å². The fourth-order valence-electron chi connectivity index (χ4n) is 0.306. The van der Waals surface area contributed by atoms with Crippen molar-refractivity contribution in [2.75, 3.05) is 0 Å². The van der Waals surface area contributed by atoms with E-state index in [4.69, 9.17) is 0 Å². The van der Waals surface area contributed by atoms with Crippen LogP contribution >= 0.6 is 0 Å². The van der Waals surface area contributed by atoms with Gasteiger partial charge in [0.2, 0.25) is 0 Å². The molecule has 0 saturated heterocycles. The third kappa shape index (κ3) is 0.702. The average molecular weight is 258 g/mol. The zero-order valence-corrected chi connectivity index (χ0v) is 5.49. The summed E-state index contributed by atoms with van der Waals surface area (Å²) in [6.07, 6.45) is 4.00. The quantitative estimate of drug-likeness (QED) is 0.648. The zero-order chi connectivity index (χ0) is 4.41. The Morgan fingerprint density at radius 1 is 1.17 bits per heavy atom. The summed E-state index contributed by atoms with van der Waals surface area (Å²) in [5, 5.41) is 0. The van der Waals surface area contributed by atoms with Gasteiger partial charge < -0.3 is 0 Å². The van der Waals surface area contributed by atoms with E-state index < -0.39 is 0 Å². The maximum atomic E-state index is 2.00. The van der Waals surface area contributed by atoms with E-state index in [1.54, 1.807) is 0 Å². The topological polar surface area (TPSA) is 4.93 Å². The average Bonchev–Trinajstić information content (AvgIpc) is 1.86. The van der Waals surface area contributed by atoms with Gasteiger partial charge in [-0.3, -0.25) is 0 Å². The molecule has 1 aromatic rings. The van der Waals surface area contributed by atoms with E-state index in [2.05, 4.69) is 0 Å². The summed E-state index contributed by atoms with van der Waals surface area (Å²) in [5.41, 5.74) is 0. The molecular weight excluding hydrogens is 254 g/mol. The van der Waals surface area contributed by atoms with E-state index in [0.717, 1.165) is 0 Å². The Bertz CT molecular complexity index is 111. The fraction of sp³-hybridized carbons (Fsp3) is 0. The number of nitrogens with zero attached hydrogens (tertiary/aromatic N) is 1. The minimum atomic E-state index is 2.00. The van der Waals surface area contributed by atoms with Gasteiger partial charge in [0.1, 0.15) is 0 Å².